The maximum Gasteiger partial charge on any atom is 0.416 e. The summed E-state index contributed by atoms with van der Waals surface area (Å²) in [5.41, 5.74) is -0.367. The number of carbonyl (C=O) groups excluding carboxylic acids is 3. The van der Waals surface area contributed by atoms with E-state index in [1.54, 1.807) is 23.1 Å². The summed E-state index contributed by atoms with van der Waals surface area (Å²) in [5, 5.41) is 5.58. The Bertz CT molecular complexity index is 1160. The number of alkyl halides is 3. The van der Waals surface area contributed by atoms with Crippen molar-refractivity contribution >= 4 is 17.7 Å². The van der Waals surface area contributed by atoms with Crippen molar-refractivity contribution in [1.82, 2.24) is 15.5 Å². The third-order valence-electron chi connectivity index (χ3n) is 6.57. The van der Waals surface area contributed by atoms with E-state index < -0.39 is 23.7 Å². The fourth-order valence-electron chi connectivity index (χ4n) is 4.47. The van der Waals surface area contributed by atoms with Crippen LogP contribution in [0.5, 0.6) is 11.5 Å². The number of rotatable bonds is 8. The number of piperidine rings is 1. The molecule has 2 heterocycles. The first-order valence-electron chi connectivity index (χ1n) is 12.1. The lowest BCUT2D eigenvalue weighted by Crippen LogP contribution is -2.54. The fraction of sp³-hybridized carbons (Fsp3) is 0.423. The highest BCUT2D eigenvalue weighted by Gasteiger charge is 2.35. The highest BCUT2D eigenvalue weighted by atomic mass is 19.4. The van der Waals surface area contributed by atoms with E-state index >= 15 is 0 Å². The van der Waals surface area contributed by atoms with Crippen molar-refractivity contribution in [2.24, 2.45) is 5.92 Å². The van der Waals surface area contributed by atoms with Gasteiger partial charge in [-0.25, -0.2) is 0 Å². The molecule has 1 fully saturated rings. The zero-order chi connectivity index (χ0) is 27.3. The number of methoxy groups -OCH3 is 1. The molecule has 0 spiro atoms. The van der Waals surface area contributed by atoms with Crippen molar-refractivity contribution < 1.29 is 41.8 Å². The number of hydrogen-bond acceptors (Lipinski definition) is 6. The van der Waals surface area contributed by atoms with Crippen molar-refractivity contribution in [1.29, 1.82) is 0 Å². The van der Waals surface area contributed by atoms with Gasteiger partial charge in [-0.15, -0.1) is 0 Å². The normalized spacial score (nSPS) is 16.2. The highest BCUT2D eigenvalue weighted by molar-refractivity contribution is 5.98. The summed E-state index contributed by atoms with van der Waals surface area (Å²) in [6, 6.07) is 7.96. The molecule has 4 rings (SSSR count). The first kappa shape index (κ1) is 27.2. The van der Waals surface area contributed by atoms with Crippen molar-refractivity contribution in [3.05, 3.63) is 59.2 Å². The van der Waals surface area contributed by atoms with Crippen LogP contribution in [-0.2, 0) is 15.7 Å². The lowest BCUT2D eigenvalue weighted by atomic mass is 9.88. The van der Waals surface area contributed by atoms with Crippen LogP contribution in [-0.4, -0.2) is 68.8 Å². The number of carbonyl (C=O) groups is 3. The summed E-state index contributed by atoms with van der Waals surface area (Å²) in [6.07, 6.45) is -3.66. The van der Waals surface area contributed by atoms with Gasteiger partial charge in [-0.2, -0.15) is 13.2 Å². The van der Waals surface area contributed by atoms with E-state index in [-0.39, 0.29) is 49.7 Å². The van der Waals surface area contributed by atoms with Crippen molar-refractivity contribution in [2.45, 2.75) is 25.1 Å². The molecule has 1 unspecified atom stereocenters. The number of fused-ring (bicyclic) bond motifs is 1. The van der Waals surface area contributed by atoms with Gasteiger partial charge in [0.1, 0.15) is 6.04 Å². The Morgan fingerprint density at radius 1 is 1.03 bits per heavy atom. The largest absolute Gasteiger partial charge is 0.454 e. The Labute approximate surface area is 217 Å². The average Bonchev–Trinajstić information content (AvgIpc) is 3.39. The quantitative estimate of drug-likeness (QED) is 0.504. The van der Waals surface area contributed by atoms with Gasteiger partial charge in [0.15, 0.2) is 11.5 Å². The van der Waals surface area contributed by atoms with Crippen LogP contribution in [0, 0.1) is 5.92 Å². The minimum atomic E-state index is -4.48. The monoisotopic (exact) mass is 535 g/mol. The number of likely N-dealkylation sites (tertiary alicyclic amines) is 1. The second-order valence-corrected chi connectivity index (χ2v) is 9.01. The molecule has 2 aliphatic rings. The van der Waals surface area contributed by atoms with Crippen LogP contribution in [0.3, 0.4) is 0 Å². The molecule has 2 aliphatic heterocycles. The summed E-state index contributed by atoms with van der Waals surface area (Å²) in [6.45, 7) is 1.19. The van der Waals surface area contributed by atoms with Gasteiger partial charge in [-0.05, 0) is 61.2 Å². The molecule has 38 heavy (non-hydrogen) atoms. The molecule has 12 heteroatoms. The molecule has 0 radical (unpaired) electrons. The van der Waals surface area contributed by atoms with E-state index in [0.717, 1.165) is 24.3 Å². The minimum Gasteiger partial charge on any atom is -0.454 e. The van der Waals surface area contributed by atoms with Gasteiger partial charge in [0, 0.05) is 37.9 Å². The van der Waals surface area contributed by atoms with Gasteiger partial charge in [0.05, 0.1) is 12.2 Å². The Balaban J connectivity index is 1.41. The second-order valence-electron chi connectivity index (χ2n) is 9.01. The molecular weight excluding hydrogens is 507 g/mol. The number of halogens is 3. The van der Waals surface area contributed by atoms with Gasteiger partial charge < -0.3 is 29.7 Å². The number of ether oxygens (including phenoxy) is 3. The zero-order valence-corrected chi connectivity index (χ0v) is 20.7. The van der Waals surface area contributed by atoms with Gasteiger partial charge in [-0.3, -0.25) is 14.4 Å². The number of hydrogen-bond donors (Lipinski definition) is 2. The summed E-state index contributed by atoms with van der Waals surface area (Å²) in [7, 11) is 1.51. The van der Waals surface area contributed by atoms with E-state index in [1.165, 1.54) is 7.11 Å². The first-order chi connectivity index (χ1) is 18.2. The smallest absolute Gasteiger partial charge is 0.416 e. The molecule has 3 amide bonds. The number of nitrogens with zero attached hydrogens (tertiary/aromatic N) is 1. The van der Waals surface area contributed by atoms with Crippen LogP contribution in [0.4, 0.5) is 13.2 Å². The van der Waals surface area contributed by atoms with Crippen molar-refractivity contribution in [3.8, 4) is 11.5 Å². The SMILES string of the molecule is COCCNC(=O)C(NC(=O)c1ccc2c(c1)OCO2)C1CCN(C(=O)c2ccc(C(F)(F)F)cc2)CC1. The van der Waals surface area contributed by atoms with E-state index in [2.05, 4.69) is 10.6 Å². The maximum atomic E-state index is 13.0. The highest BCUT2D eigenvalue weighted by Crippen LogP contribution is 2.33. The first-order valence-corrected chi connectivity index (χ1v) is 12.1. The van der Waals surface area contributed by atoms with Crippen LogP contribution in [0.1, 0.15) is 39.1 Å². The van der Waals surface area contributed by atoms with Crippen LogP contribution in [0.15, 0.2) is 42.5 Å². The summed E-state index contributed by atoms with van der Waals surface area (Å²) < 4.78 is 54.1. The van der Waals surface area contributed by atoms with Gasteiger partial charge in [0.25, 0.3) is 11.8 Å². The maximum absolute atomic E-state index is 13.0. The molecule has 2 aromatic carbocycles. The number of amides is 3. The molecule has 9 nitrogen and oxygen atoms in total. The van der Waals surface area contributed by atoms with Gasteiger partial charge in [0.2, 0.25) is 12.7 Å². The minimum absolute atomic E-state index is 0.0642. The molecule has 0 saturated carbocycles. The molecule has 2 aromatic rings. The third-order valence-corrected chi connectivity index (χ3v) is 6.57. The predicted molar refractivity (Wildman–Crippen MR) is 129 cm³/mol. The van der Waals surface area contributed by atoms with Crippen molar-refractivity contribution in [2.75, 3.05) is 40.1 Å². The Hall–Kier alpha value is -3.80. The average molecular weight is 536 g/mol. The number of benzene rings is 2. The Morgan fingerprint density at radius 3 is 2.34 bits per heavy atom. The van der Waals surface area contributed by atoms with E-state index in [1.807, 2.05) is 0 Å². The Kier molecular flexibility index (Phi) is 8.40. The molecule has 0 bridgehead atoms. The topological polar surface area (TPSA) is 106 Å². The van der Waals surface area contributed by atoms with Gasteiger partial charge >= 0.3 is 6.18 Å². The molecule has 1 saturated heterocycles. The molecule has 1 atom stereocenters. The summed E-state index contributed by atoms with van der Waals surface area (Å²) >= 11 is 0. The molecule has 204 valence electrons. The third kappa shape index (κ3) is 6.36. The summed E-state index contributed by atoms with van der Waals surface area (Å²) in [4.78, 5) is 40.5. The fourth-order valence-corrected chi connectivity index (χ4v) is 4.47. The van der Waals surface area contributed by atoms with Crippen LogP contribution in [0.25, 0.3) is 0 Å². The van der Waals surface area contributed by atoms with Gasteiger partial charge in [-0.1, -0.05) is 0 Å². The van der Waals surface area contributed by atoms with Crippen LogP contribution < -0.4 is 20.1 Å². The molecule has 2 N–H and O–H groups in total. The van der Waals surface area contributed by atoms with E-state index in [9.17, 15) is 27.6 Å². The lowest BCUT2D eigenvalue weighted by Gasteiger charge is -2.36. The molecule has 0 aliphatic carbocycles. The van der Waals surface area contributed by atoms with E-state index in [4.69, 9.17) is 14.2 Å². The zero-order valence-electron chi connectivity index (χ0n) is 20.7. The molecule has 0 aromatic heterocycles. The van der Waals surface area contributed by atoms with Crippen LogP contribution in [0.2, 0.25) is 0 Å². The predicted octanol–water partition coefficient (Wildman–Crippen LogP) is 2.85. The summed E-state index contributed by atoms with van der Waals surface area (Å²) in [5.74, 6) is -0.522. The second kappa shape index (κ2) is 11.7. The standard InChI is InChI=1S/C26H28F3N3O6/c1-36-13-10-30-24(34)22(31-23(33)18-4-7-20-21(14-18)38-15-37-20)16-8-11-32(12-9-16)25(35)17-2-5-19(6-3-17)26(27,28)29/h2-7,14,16,22H,8-13,15H2,1H3,(H,30,34)(H,31,33). The van der Waals surface area contributed by atoms with E-state index in [0.29, 0.717) is 36.5 Å². The number of nitrogens with one attached hydrogen (secondary N) is 2. The molecular formula is C26H28F3N3O6. The Morgan fingerprint density at radius 2 is 1.68 bits per heavy atom. The van der Waals surface area contributed by atoms with Crippen LogP contribution >= 0.6 is 0 Å². The van der Waals surface area contributed by atoms with Crippen molar-refractivity contribution in [3.63, 3.8) is 0 Å². The lowest BCUT2D eigenvalue weighted by molar-refractivity contribution is -0.137.